The van der Waals surface area contributed by atoms with Gasteiger partial charge >= 0.3 is 5.97 Å². The van der Waals surface area contributed by atoms with Crippen LogP contribution in [0.5, 0.6) is 0 Å². The number of aromatic nitrogens is 3. The van der Waals surface area contributed by atoms with E-state index in [0.29, 0.717) is 17.9 Å². The maximum atomic E-state index is 11.8. The Bertz CT molecular complexity index is 1080. The third kappa shape index (κ3) is 2.57. The number of ether oxygens (including phenoxy) is 1. The maximum absolute atomic E-state index is 11.8. The molecule has 0 saturated carbocycles. The van der Waals surface area contributed by atoms with Gasteiger partial charge in [-0.15, -0.1) is 0 Å². The lowest BCUT2D eigenvalue weighted by atomic mass is 10.0. The van der Waals surface area contributed by atoms with E-state index in [4.69, 9.17) is 13.7 Å². The van der Waals surface area contributed by atoms with Gasteiger partial charge in [-0.05, 0) is 39.0 Å². The van der Waals surface area contributed by atoms with Gasteiger partial charge in [0, 0.05) is 17.3 Å². The fourth-order valence-electron chi connectivity index (χ4n) is 3.00. The average Bonchev–Trinajstić information content (AvgIpc) is 3.34. The predicted molar refractivity (Wildman–Crippen MR) is 93.8 cm³/mol. The van der Waals surface area contributed by atoms with Crippen LogP contribution in [-0.2, 0) is 4.74 Å². The molecule has 0 aliphatic carbocycles. The fraction of sp³-hybridized carbons (Fsp3) is 0.211. The topological polar surface area (TPSA) is 82.8 Å². The minimum Gasteiger partial charge on any atom is -0.463 e. The molecule has 4 heterocycles. The van der Waals surface area contributed by atoms with E-state index in [1.807, 2.05) is 32.2 Å². The lowest BCUT2D eigenvalue weighted by molar-refractivity contribution is 0.0525. The lowest BCUT2D eigenvalue weighted by Crippen LogP contribution is -2.02. The summed E-state index contributed by atoms with van der Waals surface area (Å²) < 4.78 is 17.6. The summed E-state index contributed by atoms with van der Waals surface area (Å²) in [5.74, 6) is 0.927. The fourth-order valence-corrected chi connectivity index (χ4v) is 3.00. The van der Waals surface area contributed by atoms with Gasteiger partial charge in [0.05, 0.1) is 35.1 Å². The van der Waals surface area contributed by atoms with Gasteiger partial charge < -0.3 is 13.7 Å². The standard InChI is InChI=1S/C19H17N3O4/c1-4-24-19(23)14-8-17(25-10-14)13-5-6-22-16(7-13)15(9-20-22)18-11(2)21-26-12(18)3/h5-10H,4H2,1-3H3. The van der Waals surface area contributed by atoms with Gasteiger partial charge in [0.15, 0.2) is 0 Å². The minimum atomic E-state index is -0.399. The van der Waals surface area contributed by atoms with E-state index in [-0.39, 0.29) is 0 Å². The number of rotatable bonds is 4. The van der Waals surface area contributed by atoms with E-state index in [2.05, 4.69) is 10.3 Å². The highest BCUT2D eigenvalue weighted by Crippen LogP contribution is 2.32. The number of hydrogen-bond donors (Lipinski definition) is 0. The molecule has 0 amide bonds. The van der Waals surface area contributed by atoms with Crippen molar-refractivity contribution in [2.75, 3.05) is 6.61 Å². The molecule has 7 heteroatoms. The van der Waals surface area contributed by atoms with E-state index in [1.165, 1.54) is 6.26 Å². The first kappa shape index (κ1) is 16.1. The molecule has 4 rings (SSSR count). The Hall–Kier alpha value is -3.35. The Kier molecular flexibility index (Phi) is 3.84. The number of aryl methyl sites for hydroxylation is 2. The summed E-state index contributed by atoms with van der Waals surface area (Å²) in [5.41, 5.74) is 4.79. The summed E-state index contributed by atoms with van der Waals surface area (Å²) in [4.78, 5) is 11.8. The van der Waals surface area contributed by atoms with Crippen LogP contribution in [-0.4, -0.2) is 27.3 Å². The Balaban J connectivity index is 1.79. The van der Waals surface area contributed by atoms with Crippen LogP contribution in [0.1, 0.15) is 28.7 Å². The molecule has 0 bridgehead atoms. The molecule has 0 atom stereocenters. The summed E-state index contributed by atoms with van der Waals surface area (Å²) in [6.45, 7) is 5.86. The zero-order valence-electron chi connectivity index (χ0n) is 14.6. The number of hydrogen-bond acceptors (Lipinski definition) is 6. The number of esters is 1. The van der Waals surface area contributed by atoms with Crippen molar-refractivity contribution in [3.05, 3.63) is 53.9 Å². The largest absolute Gasteiger partial charge is 0.463 e. The van der Waals surface area contributed by atoms with Crippen LogP contribution in [0.15, 0.2) is 45.8 Å². The molecule has 26 heavy (non-hydrogen) atoms. The molecule has 4 aromatic rings. The highest BCUT2D eigenvalue weighted by Gasteiger charge is 2.18. The van der Waals surface area contributed by atoms with Crippen molar-refractivity contribution in [1.29, 1.82) is 0 Å². The first-order valence-corrected chi connectivity index (χ1v) is 8.25. The van der Waals surface area contributed by atoms with Crippen LogP contribution in [0.4, 0.5) is 0 Å². The van der Waals surface area contributed by atoms with Crippen LogP contribution >= 0.6 is 0 Å². The molecular formula is C19H17N3O4. The number of carbonyl (C=O) groups excluding carboxylic acids is 1. The minimum absolute atomic E-state index is 0.321. The first-order valence-electron chi connectivity index (χ1n) is 8.25. The van der Waals surface area contributed by atoms with E-state index in [9.17, 15) is 4.79 Å². The number of fused-ring (bicyclic) bond motifs is 1. The van der Waals surface area contributed by atoms with Crippen molar-refractivity contribution in [3.63, 3.8) is 0 Å². The van der Waals surface area contributed by atoms with Crippen molar-refractivity contribution in [2.24, 2.45) is 0 Å². The Labute approximate surface area is 149 Å². The predicted octanol–water partition coefficient (Wildman–Crippen LogP) is 4.04. The molecule has 0 N–H and O–H groups in total. The van der Waals surface area contributed by atoms with Crippen molar-refractivity contribution in [1.82, 2.24) is 14.8 Å². The molecule has 0 aliphatic rings. The molecule has 7 nitrogen and oxygen atoms in total. The SMILES string of the molecule is CCOC(=O)c1coc(-c2ccn3ncc(-c4c(C)noc4C)c3c2)c1. The highest BCUT2D eigenvalue weighted by molar-refractivity contribution is 5.91. The smallest absolute Gasteiger partial charge is 0.341 e. The Morgan fingerprint density at radius 2 is 2.15 bits per heavy atom. The number of carbonyl (C=O) groups is 1. The molecule has 0 fully saturated rings. The lowest BCUT2D eigenvalue weighted by Gasteiger charge is -2.01. The van der Waals surface area contributed by atoms with Gasteiger partial charge in [0.25, 0.3) is 0 Å². The van der Waals surface area contributed by atoms with Gasteiger partial charge in [0.2, 0.25) is 0 Å². The van der Waals surface area contributed by atoms with Crippen molar-refractivity contribution < 1.29 is 18.5 Å². The van der Waals surface area contributed by atoms with Crippen molar-refractivity contribution in [3.8, 4) is 22.5 Å². The second-order valence-electron chi connectivity index (χ2n) is 5.92. The second-order valence-corrected chi connectivity index (χ2v) is 5.92. The molecule has 0 unspecified atom stereocenters. The third-order valence-corrected chi connectivity index (χ3v) is 4.22. The van der Waals surface area contributed by atoms with Crippen LogP contribution in [0.2, 0.25) is 0 Å². The van der Waals surface area contributed by atoms with Gasteiger partial charge in [-0.25, -0.2) is 9.31 Å². The molecule has 0 radical (unpaired) electrons. The van der Waals surface area contributed by atoms with Crippen LogP contribution in [0.25, 0.3) is 28.0 Å². The second kappa shape index (κ2) is 6.18. The summed E-state index contributed by atoms with van der Waals surface area (Å²) in [6, 6.07) is 5.52. The zero-order valence-corrected chi connectivity index (χ0v) is 14.6. The Morgan fingerprint density at radius 1 is 1.31 bits per heavy atom. The van der Waals surface area contributed by atoms with Crippen molar-refractivity contribution in [2.45, 2.75) is 20.8 Å². The summed E-state index contributed by atoms with van der Waals surface area (Å²) in [7, 11) is 0. The number of pyridine rings is 1. The van der Waals surface area contributed by atoms with Gasteiger partial charge in [-0.1, -0.05) is 5.16 Å². The van der Waals surface area contributed by atoms with Crippen molar-refractivity contribution >= 4 is 11.5 Å². The first-order chi connectivity index (χ1) is 12.6. The van der Waals surface area contributed by atoms with E-state index in [1.54, 1.807) is 23.7 Å². The van der Waals surface area contributed by atoms with Gasteiger partial charge in [-0.2, -0.15) is 5.10 Å². The third-order valence-electron chi connectivity index (χ3n) is 4.22. The van der Waals surface area contributed by atoms with E-state index >= 15 is 0 Å². The zero-order chi connectivity index (χ0) is 18.3. The Morgan fingerprint density at radius 3 is 2.88 bits per heavy atom. The highest BCUT2D eigenvalue weighted by atomic mass is 16.5. The van der Waals surface area contributed by atoms with Crippen LogP contribution < -0.4 is 0 Å². The van der Waals surface area contributed by atoms with Crippen LogP contribution in [0, 0.1) is 13.8 Å². The van der Waals surface area contributed by atoms with Gasteiger partial charge in [-0.3, -0.25) is 0 Å². The monoisotopic (exact) mass is 351 g/mol. The normalized spacial score (nSPS) is 11.2. The number of nitrogens with zero attached hydrogens (tertiary/aromatic N) is 3. The van der Waals surface area contributed by atoms with E-state index < -0.39 is 5.97 Å². The van der Waals surface area contributed by atoms with Gasteiger partial charge in [0.1, 0.15) is 17.8 Å². The average molecular weight is 351 g/mol. The number of furan rings is 1. The molecule has 0 aliphatic heterocycles. The quantitative estimate of drug-likeness (QED) is 0.516. The van der Waals surface area contributed by atoms with E-state index in [0.717, 1.165) is 33.7 Å². The summed E-state index contributed by atoms with van der Waals surface area (Å²) in [6.07, 6.45) is 5.04. The summed E-state index contributed by atoms with van der Waals surface area (Å²) >= 11 is 0. The molecule has 132 valence electrons. The van der Waals surface area contributed by atoms with Crippen LogP contribution in [0.3, 0.4) is 0 Å². The molecule has 0 saturated heterocycles. The molecule has 0 aromatic carbocycles. The molecule has 4 aromatic heterocycles. The maximum Gasteiger partial charge on any atom is 0.341 e. The molecule has 0 spiro atoms. The molecular weight excluding hydrogens is 334 g/mol. The summed E-state index contributed by atoms with van der Waals surface area (Å²) in [5, 5.41) is 8.41.